The molecule has 1 aromatic heterocycles. The van der Waals surface area contributed by atoms with Crippen LogP contribution in [0.25, 0.3) is 6.08 Å². The molecular formula is C11H9N3O3S. The fourth-order valence-corrected chi connectivity index (χ4v) is 3.08. The molecule has 1 fully saturated rings. The van der Waals surface area contributed by atoms with E-state index in [-0.39, 0.29) is 17.0 Å². The number of aliphatic carboxylic acids is 1. The fourth-order valence-electron chi connectivity index (χ4n) is 1.96. The van der Waals surface area contributed by atoms with E-state index in [9.17, 15) is 9.59 Å². The first kappa shape index (κ1) is 11.1. The molecule has 1 atom stereocenters. The van der Waals surface area contributed by atoms with E-state index in [1.54, 1.807) is 30.2 Å². The van der Waals surface area contributed by atoms with Crippen molar-refractivity contribution in [1.29, 1.82) is 0 Å². The quantitative estimate of drug-likeness (QED) is 0.626. The van der Waals surface area contributed by atoms with Crippen molar-refractivity contribution in [3.8, 4) is 0 Å². The molecule has 0 aromatic carbocycles. The highest BCUT2D eigenvalue weighted by atomic mass is 32.2. The van der Waals surface area contributed by atoms with Crippen LogP contribution in [0.5, 0.6) is 0 Å². The van der Waals surface area contributed by atoms with Gasteiger partial charge in [0, 0.05) is 24.2 Å². The number of carboxylic acids is 1. The van der Waals surface area contributed by atoms with Gasteiger partial charge in [-0.25, -0.2) is 4.79 Å². The molecule has 1 amide bonds. The maximum Gasteiger partial charge on any atom is 0.353 e. The second-order valence-corrected chi connectivity index (χ2v) is 4.97. The van der Waals surface area contributed by atoms with E-state index in [4.69, 9.17) is 5.11 Å². The van der Waals surface area contributed by atoms with Gasteiger partial charge < -0.3 is 5.11 Å². The lowest BCUT2D eigenvalue weighted by Crippen LogP contribution is -2.51. The first-order valence-corrected chi connectivity index (χ1v) is 6.15. The van der Waals surface area contributed by atoms with Crippen molar-refractivity contribution in [3.05, 3.63) is 34.6 Å². The van der Waals surface area contributed by atoms with Crippen molar-refractivity contribution in [2.45, 2.75) is 5.37 Å². The molecule has 2 aliphatic rings. The number of amides is 1. The van der Waals surface area contributed by atoms with Crippen molar-refractivity contribution in [3.63, 3.8) is 0 Å². The normalized spacial score (nSPS) is 23.9. The summed E-state index contributed by atoms with van der Waals surface area (Å²) in [4.78, 5) is 24.1. The van der Waals surface area contributed by atoms with Crippen LogP contribution in [-0.4, -0.2) is 37.0 Å². The molecule has 0 radical (unpaired) electrons. The number of β-lactam (4-membered cyclic amide) rings is 1. The lowest BCUT2D eigenvalue weighted by atomic mass is 10.0. The van der Waals surface area contributed by atoms with E-state index in [0.717, 1.165) is 5.56 Å². The van der Waals surface area contributed by atoms with Gasteiger partial charge in [0.15, 0.2) is 0 Å². The van der Waals surface area contributed by atoms with Gasteiger partial charge in [0.25, 0.3) is 5.91 Å². The zero-order valence-corrected chi connectivity index (χ0v) is 10.2. The van der Waals surface area contributed by atoms with E-state index >= 15 is 0 Å². The molecule has 0 bridgehead atoms. The molecule has 7 heteroatoms. The summed E-state index contributed by atoms with van der Waals surface area (Å²) in [5, 5.41) is 14.2. The Hall–Kier alpha value is -2.02. The maximum atomic E-state index is 11.9. The summed E-state index contributed by atoms with van der Waals surface area (Å²) >= 11 is 1.33. The number of thioether (sulfide) groups is 1. The summed E-state index contributed by atoms with van der Waals surface area (Å²) in [5.41, 5.74) is 1.50. The molecule has 0 aliphatic carbocycles. The Bertz CT molecular complexity index is 617. The third kappa shape index (κ3) is 1.47. The highest BCUT2D eigenvalue weighted by Gasteiger charge is 2.49. The molecule has 1 saturated heterocycles. The Kier molecular flexibility index (Phi) is 2.30. The number of rotatable bonds is 2. The number of carboxylic acid groups (broad SMARTS) is 1. The van der Waals surface area contributed by atoms with E-state index < -0.39 is 5.97 Å². The highest BCUT2D eigenvalue weighted by Crippen LogP contribution is 2.44. The number of fused-ring (bicyclic) bond motifs is 1. The second kappa shape index (κ2) is 3.74. The van der Waals surface area contributed by atoms with Crippen molar-refractivity contribution in [2.75, 3.05) is 0 Å². The number of nitrogens with zero attached hydrogens (tertiary/aromatic N) is 3. The summed E-state index contributed by atoms with van der Waals surface area (Å²) < 4.78 is 1.65. The summed E-state index contributed by atoms with van der Waals surface area (Å²) in [5.74, 6) is -1.32. The van der Waals surface area contributed by atoms with Crippen LogP contribution in [0.1, 0.15) is 5.56 Å². The van der Waals surface area contributed by atoms with E-state index in [1.807, 2.05) is 0 Å². The molecule has 6 nitrogen and oxygen atoms in total. The average Bonchev–Trinajstić information content (AvgIpc) is 2.89. The molecular weight excluding hydrogens is 254 g/mol. The van der Waals surface area contributed by atoms with Crippen molar-refractivity contribution in [2.24, 2.45) is 7.05 Å². The number of aryl methyl sites for hydroxylation is 1. The number of hydrogen-bond donors (Lipinski definition) is 1. The van der Waals surface area contributed by atoms with Crippen LogP contribution in [0.4, 0.5) is 0 Å². The molecule has 92 valence electrons. The maximum absolute atomic E-state index is 11.9. The van der Waals surface area contributed by atoms with Gasteiger partial charge >= 0.3 is 5.97 Å². The minimum absolute atomic E-state index is 0.0540. The summed E-state index contributed by atoms with van der Waals surface area (Å²) in [6, 6.07) is 0. The third-order valence-corrected chi connectivity index (χ3v) is 3.88. The number of carbonyl (C=O) groups excluding carboxylic acids is 1. The molecule has 1 N–H and O–H groups in total. The monoisotopic (exact) mass is 263 g/mol. The van der Waals surface area contributed by atoms with Gasteiger partial charge in [0.1, 0.15) is 11.1 Å². The summed E-state index contributed by atoms with van der Waals surface area (Å²) in [6.45, 7) is 0. The number of aromatic nitrogens is 2. The van der Waals surface area contributed by atoms with Gasteiger partial charge in [-0.3, -0.25) is 14.4 Å². The van der Waals surface area contributed by atoms with Crippen LogP contribution in [0.15, 0.2) is 29.1 Å². The molecule has 0 unspecified atom stereocenters. The smallest absolute Gasteiger partial charge is 0.353 e. The molecule has 3 heterocycles. The van der Waals surface area contributed by atoms with Crippen LogP contribution in [0.3, 0.4) is 0 Å². The van der Waals surface area contributed by atoms with Gasteiger partial charge in [-0.15, -0.1) is 11.8 Å². The van der Waals surface area contributed by atoms with E-state index in [0.29, 0.717) is 5.57 Å². The first-order valence-electron chi connectivity index (χ1n) is 5.20. The Morgan fingerprint density at radius 1 is 1.61 bits per heavy atom. The lowest BCUT2D eigenvalue weighted by Gasteiger charge is -2.37. The Morgan fingerprint density at radius 3 is 3.00 bits per heavy atom. The predicted molar refractivity (Wildman–Crippen MR) is 65.1 cm³/mol. The topological polar surface area (TPSA) is 75.4 Å². The Morgan fingerprint density at radius 2 is 2.39 bits per heavy atom. The highest BCUT2D eigenvalue weighted by molar-refractivity contribution is 8.03. The number of carbonyl (C=O) groups is 2. The minimum Gasteiger partial charge on any atom is -0.477 e. The zero-order valence-electron chi connectivity index (χ0n) is 9.40. The largest absolute Gasteiger partial charge is 0.477 e. The van der Waals surface area contributed by atoms with E-state index in [2.05, 4.69) is 5.10 Å². The third-order valence-electron chi connectivity index (χ3n) is 2.80. The van der Waals surface area contributed by atoms with Gasteiger partial charge in [-0.2, -0.15) is 5.10 Å². The standard InChI is InChI=1S/C11H9N3O3S/c1-13-4-6(3-12-13)2-7-9(15)14-8(11(16)17)5-18-10(7)14/h2-5,10H,1H3,(H,16,17)/b7-2-/t10-/m1/s1. The van der Waals surface area contributed by atoms with Gasteiger partial charge in [0.05, 0.1) is 11.8 Å². The molecule has 18 heavy (non-hydrogen) atoms. The Labute approximate surface area is 107 Å². The predicted octanol–water partition coefficient (Wildman–Crippen LogP) is 0.645. The fraction of sp³-hybridized carbons (Fsp3) is 0.182. The average molecular weight is 263 g/mol. The van der Waals surface area contributed by atoms with Crippen molar-refractivity contribution < 1.29 is 14.7 Å². The zero-order chi connectivity index (χ0) is 12.9. The SMILES string of the molecule is Cn1cc(/C=C2/C(=O)N3C(C(=O)O)=CS[C@H]23)cn1. The first-order chi connectivity index (χ1) is 8.58. The minimum atomic E-state index is -1.07. The molecule has 2 aliphatic heterocycles. The summed E-state index contributed by atoms with van der Waals surface area (Å²) in [7, 11) is 1.80. The molecule has 0 spiro atoms. The van der Waals surface area contributed by atoms with Crippen molar-refractivity contribution in [1.82, 2.24) is 14.7 Å². The Balaban J connectivity index is 1.86. The van der Waals surface area contributed by atoms with Gasteiger partial charge in [0.2, 0.25) is 0 Å². The van der Waals surface area contributed by atoms with Crippen LogP contribution in [0.2, 0.25) is 0 Å². The van der Waals surface area contributed by atoms with Crippen LogP contribution in [-0.2, 0) is 16.6 Å². The lowest BCUT2D eigenvalue weighted by molar-refractivity contribution is -0.141. The van der Waals surface area contributed by atoms with E-state index in [1.165, 1.54) is 22.1 Å². The van der Waals surface area contributed by atoms with Gasteiger partial charge in [-0.05, 0) is 6.08 Å². The van der Waals surface area contributed by atoms with Crippen LogP contribution in [0, 0.1) is 0 Å². The molecule has 0 saturated carbocycles. The van der Waals surface area contributed by atoms with Gasteiger partial charge in [-0.1, -0.05) is 0 Å². The second-order valence-electron chi connectivity index (χ2n) is 4.02. The van der Waals surface area contributed by atoms with Crippen LogP contribution < -0.4 is 0 Å². The number of hydrogen-bond acceptors (Lipinski definition) is 4. The van der Waals surface area contributed by atoms with Crippen LogP contribution >= 0.6 is 11.8 Å². The molecule has 1 aromatic rings. The molecule has 3 rings (SSSR count). The van der Waals surface area contributed by atoms with Crippen molar-refractivity contribution >= 4 is 29.7 Å². The summed E-state index contributed by atoms with van der Waals surface area (Å²) in [6.07, 6.45) is 5.21.